The van der Waals surface area contributed by atoms with Crippen molar-refractivity contribution in [2.75, 3.05) is 5.32 Å². The second-order valence-corrected chi connectivity index (χ2v) is 10.8. The number of phenolic OH excluding ortho intramolecular Hbond substituents is 1. The van der Waals surface area contributed by atoms with Gasteiger partial charge in [0.25, 0.3) is 5.91 Å². The van der Waals surface area contributed by atoms with Gasteiger partial charge >= 0.3 is 5.97 Å². The second-order valence-electron chi connectivity index (χ2n) is 9.09. The van der Waals surface area contributed by atoms with Crippen molar-refractivity contribution in [1.82, 2.24) is 4.72 Å². The number of phenols is 1. The number of carboxylic acid groups (broad SMARTS) is 1. The zero-order valence-corrected chi connectivity index (χ0v) is 21.8. The molecule has 0 aliphatic carbocycles. The lowest BCUT2D eigenvalue weighted by Gasteiger charge is -2.15. The van der Waals surface area contributed by atoms with E-state index in [1.165, 1.54) is 36.4 Å². The van der Waals surface area contributed by atoms with Crippen LogP contribution in [0.1, 0.15) is 16.1 Å². The third-order valence-electron chi connectivity index (χ3n) is 6.26. The third-order valence-corrected chi connectivity index (χ3v) is 7.75. The number of fused-ring (bicyclic) bond motifs is 1. The Morgan fingerprint density at radius 3 is 2.08 bits per heavy atom. The number of nitrogens with one attached hydrogen (secondary N) is 2. The molecule has 1 atom stereocenters. The number of benzene rings is 4. The minimum absolute atomic E-state index is 0.0262. The van der Waals surface area contributed by atoms with E-state index in [9.17, 15) is 28.2 Å². The van der Waals surface area contributed by atoms with Crippen molar-refractivity contribution in [2.45, 2.75) is 17.4 Å². The molecule has 0 spiro atoms. The van der Waals surface area contributed by atoms with Crippen molar-refractivity contribution < 1.29 is 32.6 Å². The van der Waals surface area contributed by atoms with Gasteiger partial charge in [0.1, 0.15) is 17.4 Å². The third kappa shape index (κ3) is 6.04. The lowest BCUT2D eigenvalue weighted by molar-refractivity contribution is -0.138. The number of para-hydroxylation sites is 1. The number of sulfonamides is 1. The largest absolute Gasteiger partial charge is 0.508 e. The van der Waals surface area contributed by atoms with Crippen molar-refractivity contribution in [1.29, 1.82) is 0 Å². The maximum atomic E-state index is 12.9. The monoisotopic (exact) mass is 556 g/mol. The molecule has 0 unspecified atom stereocenters. The molecule has 0 bridgehead atoms. The van der Waals surface area contributed by atoms with Crippen molar-refractivity contribution in [3.8, 4) is 16.9 Å². The topological polar surface area (TPSA) is 146 Å². The molecule has 0 fully saturated rings. The molecule has 1 aromatic heterocycles. The van der Waals surface area contributed by atoms with Crippen LogP contribution in [0.3, 0.4) is 0 Å². The van der Waals surface area contributed by atoms with Crippen molar-refractivity contribution in [3.05, 3.63) is 114 Å². The average Bonchev–Trinajstić information content (AvgIpc) is 3.39. The quantitative estimate of drug-likeness (QED) is 0.199. The van der Waals surface area contributed by atoms with Crippen LogP contribution < -0.4 is 10.0 Å². The minimum Gasteiger partial charge on any atom is -0.508 e. The number of rotatable bonds is 9. The van der Waals surface area contributed by atoms with Gasteiger partial charge in [-0.25, -0.2) is 8.42 Å². The van der Waals surface area contributed by atoms with Crippen LogP contribution in [0.5, 0.6) is 5.75 Å². The van der Waals surface area contributed by atoms with E-state index in [0.29, 0.717) is 16.8 Å². The van der Waals surface area contributed by atoms with Crippen LogP contribution in [0.15, 0.2) is 112 Å². The first kappa shape index (κ1) is 26.7. The fourth-order valence-corrected chi connectivity index (χ4v) is 5.35. The molecule has 10 heteroatoms. The van der Waals surface area contributed by atoms with E-state index in [0.717, 1.165) is 16.5 Å². The van der Waals surface area contributed by atoms with Gasteiger partial charge in [-0.3, -0.25) is 9.59 Å². The molecule has 0 aliphatic heterocycles. The Balaban J connectivity index is 1.25. The molecule has 5 aromatic rings. The van der Waals surface area contributed by atoms with Gasteiger partial charge in [-0.15, -0.1) is 0 Å². The van der Waals surface area contributed by atoms with Gasteiger partial charge in [0.05, 0.1) is 4.90 Å². The highest BCUT2D eigenvalue weighted by atomic mass is 32.2. The second kappa shape index (κ2) is 11.0. The number of anilines is 1. The number of amides is 1. The van der Waals surface area contributed by atoms with E-state index in [1.807, 2.05) is 18.2 Å². The van der Waals surface area contributed by atoms with Crippen molar-refractivity contribution in [3.63, 3.8) is 0 Å². The molecule has 4 aromatic carbocycles. The summed E-state index contributed by atoms with van der Waals surface area (Å²) in [6.07, 6.45) is -0.0911. The summed E-state index contributed by atoms with van der Waals surface area (Å²) < 4.78 is 33.6. The van der Waals surface area contributed by atoms with Crippen LogP contribution in [0.4, 0.5) is 5.69 Å². The molecule has 40 heavy (non-hydrogen) atoms. The number of aromatic hydroxyl groups is 1. The number of hydrogen-bond acceptors (Lipinski definition) is 6. The van der Waals surface area contributed by atoms with Crippen LogP contribution in [-0.4, -0.2) is 36.5 Å². The van der Waals surface area contributed by atoms with Gasteiger partial charge in [-0.2, -0.15) is 4.72 Å². The Hall–Kier alpha value is -4.93. The van der Waals surface area contributed by atoms with E-state index in [4.69, 9.17) is 4.42 Å². The summed E-state index contributed by atoms with van der Waals surface area (Å²) in [5.74, 6) is -1.47. The lowest BCUT2D eigenvalue weighted by atomic mass is 10.1. The van der Waals surface area contributed by atoms with Crippen LogP contribution in [0, 0.1) is 0 Å². The smallest absolute Gasteiger partial charge is 0.322 e. The fraction of sp³-hybridized carbons (Fsp3) is 0.0667. The van der Waals surface area contributed by atoms with Gasteiger partial charge in [0.15, 0.2) is 5.76 Å². The Morgan fingerprint density at radius 2 is 1.45 bits per heavy atom. The molecule has 0 aliphatic rings. The molecule has 4 N–H and O–H groups in total. The molecule has 0 saturated heterocycles. The predicted molar refractivity (Wildman–Crippen MR) is 150 cm³/mol. The first-order chi connectivity index (χ1) is 19.2. The van der Waals surface area contributed by atoms with Crippen molar-refractivity contribution in [2.24, 2.45) is 0 Å². The highest BCUT2D eigenvalue weighted by molar-refractivity contribution is 7.89. The molecular weight excluding hydrogens is 532 g/mol. The summed E-state index contributed by atoms with van der Waals surface area (Å²) in [6, 6.07) is 26.6. The lowest BCUT2D eigenvalue weighted by Crippen LogP contribution is -2.42. The molecule has 0 radical (unpaired) electrons. The van der Waals surface area contributed by atoms with Gasteiger partial charge in [0.2, 0.25) is 10.0 Å². The van der Waals surface area contributed by atoms with Crippen LogP contribution >= 0.6 is 0 Å². The SMILES string of the molecule is O=C(Nc1ccc(-c2ccc(S(=O)(=O)N[C@H](Cc3ccc(O)cc3)C(=O)O)cc2)cc1)c1cc2ccccc2o1. The number of carbonyl (C=O) groups excluding carboxylic acids is 1. The maximum Gasteiger partial charge on any atom is 0.322 e. The highest BCUT2D eigenvalue weighted by Gasteiger charge is 2.26. The molecule has 1 amide bonds. The summed E-state index contributed by atoms with van der Waals surface area (Å²) in [5.41, 5.74) is 3.26. The zero-order valence-electron chi connectivity index (χ0n) is 20.9. The summed E-state index contributed by atoms with van der Waals surface area (Å²) in [6.45, 7) is 0. The summed E-state index contributed by atoms with van der Waals surface area (Å²) in [5, 5.41) is 22.6. The zero-order chi connectivity index (χ0) is 28.3. The summed E-state index contributed by atoms with van der Waals surface area (Å²) in [7, 11) is -4.12. The van der Waals surface area contributed by atoms with Crippen LogP contribution in [-0.2, 0) is 21.2 Å². The first-order valence-electron chi connectivity index (χ1n) is 12.2. The van der Waals surface area contributed by atoms with E-state index < -0.39 is 22.0 Å². The summed E-state index contributed by atoms with van der Waals surface area (Å²) >= 11 is 0. The Bertz CT molecular complexity index is 1740. The normalized spacial score (nSPS) is 12.2. The summed E-state index contributed by atoms with van der Waals surface area (Å²) in [4.78, 5) is 24.2. The molecular formula is C30H24N2O7S. The highest BCUT2D eigenvalue weighted by Crippen LogP contribution is 2.25. The average molecular weight is 557 g/mol. The van der Waals surface area contributed by atoms with Gasteiger partial charge < -0.3 is 19.9 Å². The molecule has 202 valence electrons. The molecule has 1 heterocycles. The number of furan rings is 1. The van der Waals surface area contributed by atoms with Gasteiger partial charge in [0, 0.05) is 11.1 Å². The van der Waals surface area contributed by atoms with E-state index >= 15 is 0 Å². The van der Waals surface area contributed by atoms with Gasteiger partial charge in [-0.05, 0) is 71.6 Å². The Labute approximate surface area is 229 Å². The molecule has 0 saturated carbocycles. The molecule has 5 rings (SSSR count). The number of hydrogen-bond donors (Lipinski definition) is 4. The Morgan fingerprint density at radius 1 is 0.825 bits per heavy atom. The van der Waals surface area contributed by atoms with Crippen LogP contribution in [0.2, 0.25) is 0 Å². The fourth-order valence-electron chi connectivity index (χ4n) is 4.16. The Kier molecular flexibility index (Phi) is 7.37. The maximum absolute atomic E-state index is 12.9. The minimum atomic E-state index is -4.12. The van der Waals surface area contributed by atoms with E-state index in [2.05, 4.69) is 10.0 Å². The van der Waals surface area contributed by atoms with E-state index in [-0.39, 0.29) is 28.7 Å². The van der Waals surface area contributed by atoms with Gasteiger partial charge in [-0.1, -0.05) is 54.6 Å². The number of carboxylic acids is 1. The van der Waals surface area contributed by atoms with E-state index in [1.54, 1.807) is 48.5 Å². The first-order valence-corrected chi connectivity index (χ1v) is 13.7. The number of aliphatic carboxylic acids is 1. The predicted octanol–water partition coefficient (Wildman–Crippen LogP) is 5.03. The number of carbonyl (C=O) groups is 2. The molecule has 9 nitrogen and oxygen atoms in total. The van der Waals surface area contributed by atoms with Crippen molar-refractivity contribution >= 4 is 38.6 Å². The standard InChI is InChI=1S/C30H24N2O7S/c33-24-13-5-19(6-14-24)17-26(30(35)36)32-40(37,38)25-15-9-21(10-16-25)20-7-11-23(12-8-20)31-29(34)28-18-22-3-1-2-4-27(22)39-28/h1-16,18,26,32-33H,17H2,(H,31,34)(H,35,36)/t26-/m1/s1. The van der Waals surface area contributed by atoms with Crippen LogP contribution in [0.25, 0.3) is 22.1 Å².